The van der Waals surface area contributed by atoms with Gasteiger partial charge < -0.3 is 19.5 Å². The van der Waals surface area contributed by atoms with Crippen LogP contribution in [0.5, 0.6) is 5.88 Å². The minimum Gasteiger partial charge on any atom is -0.480 e. The number of carbonyl (C=O) groups excluding carboxylic acids is 2. The maximum absolute atomic E-state index is 14.5. The van der Waals surface area contributed by atoms with E-state index in [0.717, 1.165) is 11.1 Å². The fourth-order valence-corrected chi connectivity index (χ4v) is 6.02. The molecule has 1 spiro atoms. The Balaban J connectivity index is 1.72. The van der Waals surface area contributed by atoms with Gasteiger partial charge in [0, 0.05) is 42.6 Å². The average Bonchev–Trinajstić information content (AvgIpc) is 3.53. The van der Waals surface area contributed by atoms with E-state index in [1.165, 1.54) is 7.11 Å². The summed E-state index contributed by atoms with van der Waals surface area (Å²) in [5.74, 6) is 0.472. The van der Waals surface area contributed by atoms with E-state index in [1.807, 2.05) is 70.6 Å². The molecule has 0 saturated heterocycles. The van der Waals surface area contributed by atoms with Crippen molar-refractivity contribution in [3.05, 3.63) is 75.7 Å². The maximum atomic E-state index is 14.5. The zero-order valence-corrected chi connectivity index (χ0v) is 24.7. The summed E-state index contributed by atoms with van der Waals surface area (Å²) in [5.41, 5.74) is 3.27. The first-order valence-electron chi connectivity index (χ1n) is 13.2. The van der Waals surface area contributed by atoms with Crippen molar-refractivity contribution in [1.29, 1.82) is 0 Å². The Morgan fingerprint density at radius 2 is 1.83 bits per heavy atom. The summed E-state index contributed by atoms with van der Waals surface area (Å²) in [6.07, 6.45) is 1.64. The zero-order chi connectivity index (χ0) is 29.4. The molecule has 2 amide bonds. The second-order valence-corrected chi connectivity index (χ2v) is 11.3. The Morgan fingerprint density at radius 3 is 2.51 bits per heavy atom. The second kappa shape index (κ2) is 9.31. The van der Waals surface area contributed by atoms with Gasteiger partial charge in [-0.15, -0.1) is 0 Å². The van der Waals surface area contributed by atoms with Crippen LogP contribution in [0.2, 0.25) is 5.02 Å². The van der Waals surface area contributed by atoms with E-state index in [1.54, 1.807) is 28.1 Å². The molecule has 41 heavy (non-hydrogen) atoms. The molecule has 0 bridgehead atoms. The van der Waals surface area contributed by atoms with Crippen molar-refractivity contribution in [2.24, 2.45) is 0 Å². The van der Waals surface area contributed by atoms with Crippen LogP contribution in [-0.2, 0) is 10.3 Å². The number of nitrogens with zero attached hydrogens (tertiary/aromatic N) is 6. The highest BCUT2D eigenvalue weighted by Crippen LogP contribution is 2.55. The quantitative estimate of drug-likeness (QED) is 0.354. The van der Waals surface area contributed by atoms with Crippen LogP contribution in [0.1, 0.15) is 52.8 Å². The predicted molar refractivity (Wildman–Crippen MR) is 158 cm³/mol. The van der Waals surface area contributed by atoms with Crippen LogP contribution in [0.25, 0.3) is 11.4 Å². The van der Waals surface area contributed by atoms with Crippen molar-refractivity contribution in [1.82, 2.24) is 19.5 Å². The third-order valence-corrected chi connectivity index (χ3v) is 7.88. The number of imidazole rings is 1. The predicted octanol–water partition coefficient (Wildman–Crippen LogP) is 5.12. The summed E-state index contributed by atoms with van der Waals surface area (Å²) in [7, 11) is 5.20. The molecule has 11 heteroatoms. The van der Waals surface area contributed by atoms with E-state index in [9.17, 15) is 9.59 Å². The molecule has 4 heterocycles. The molecule has 2 aromatic heterocycles. The number of rotatable bonds is 5. The fourth-order valence-electron chi connectivity index (χ4n) is 5.85. The molecule has 0 radical (unpaired) electrons. The van der Waals surface area contributed by atoms with E-state index in [4.69, 9.17) is 21.3 Å². The maximum Gasteiger partial charge on any atom is 0.280 e. The van der Waals surface area contributed by atoms with Crippen molar-refractivity contribution in [3.8, 4) is 17.3 Å². The molecule has 10 nitrogen and oxygen atoms in total. The lowest BCUT2D eigenvalue weighted by Gasteiger charge is -2.36. The van der Waals surface area contributed by atoms with Crippen LogP contribution in [-0.4, -0.2) is 52.5 Å². The van der Waals surface area contributed by atoms with E-state index in [0.29, 0.717) is 50.9 Å². The first kappa shape index (κ1) is 26.8. The van der Waals surface area contributed by atoms with Crippen molar-refractivity contribution >= 4 is 40.7 Å². The van der Waals surface area contributed by atoms with Gasteiger partial charge in [-0.3, -0.25) is 14.5 Å². The number of fused-ring (bicyclic) bond motifs is 4. The largest absolute Gasteiger partial charge is 0.480 e. The Morgan fingerprint density at radius 1 is 1.07 bits per heavy atom. The summed E-state index contributed by atoms with van der Waals surface area (Å²) in [4.78, 5) is 46.2. The van der Waals surface area contributed by atoms with Crippen molar-refractivity contribution < 1.29 is 14.3 Å². The average molecular weight is 572 g/mol. The number of aryl methyl sites for hydroxylation is 2. The Labute approximate surface area is 242 Å². The van der Waals surface area contributed by atoms with Gasteiger partial charge in [-0.1, -0.05) is 29.8 Å². The SMILES string of the molecule is COc1nc(N(C)C)ncc1-c1nc2c(n1C(C)C)C1(C(=O)Nc3cc(C)ccc31)N(c1cc(Cl)ccc1C)C2=O. The number of benzene rings is 2. The van der Waals surface area contributed by atoms with Gasteiger partial charge in [-0.25, -0.2) is 9.97 Å². The van der Waals surface area contributed by atoms with E-state index in [-0.39, 0.29) is 17.6 Å². The van der Waals surface area contributed by atoms with E-state index < -0.39 is 11.4 Å². The van der Waals surface area contributed by atoms with Gasteiger partial charge in [-0.2, -0.15) is 4.98 Å². The number of nitrogens with one attached hydrogen (secondary N) is 1. The fraction of sp³-hybridized carbons (Fsp3) is 0.300. The van der Waals surface area contributed by atoms with Crippen LogP contribution in [0.3, 0.4) is 0 Å². The highest BCUT2D eigenvalue weighted by Gasteiger charge is 2.64. The Bertz CT molecular complexity index is 1760. The van der Waals surface area contributed by atoms with Crippen LogP contribution in [0.15, 0.2) is 42.6 Å². The third kappa shape index (κ3) is 3.66. The van der Waals surface area contributed by atoms with Crippen molar-refractivity contribution in [2.75, 3.05) is 36.3 Å². The summed E-state index contributed by atoms with van der Waals surface area (Å²) in [5, 5.41) is 3.52. The van der Waals surface area contributed by atoms with Gasteiger partial charge in [0.25, 0.3) is 11.8 Å². The monoisotopic (exact) mass is 571 g/mol. The van der Waals surface area contributed by atoms with Gasteiger partial charge in [0.05, 0.1) is 24.1 Å². The first-order valence-corrected chi connectivity index (χ1v) is 13.6. The minimum absolute atomic E-state index is 0.176. The van der Waals surface area contributed by atoms with Gasteiger partial charge in [0.2, 0.25) is 11.8 Å². The van der Waals surface area contributed by atoms with Crippen molar-refractivity contribution in [3.63, 3.8) is 0 Å². The topological polar surface area (TPSA) is 105 Å². The number of hydrogen-bond acceptors (Lipinski definition) is 7. The van der Waals surface area contributed by atoms with Crippen LogP contribution in [0, 0.1) is 13.8 Å². The second-order valence-electron chi connectivity index (χ2n) is 10.9. The summed E-state index contributed by atoms with van der Waals surface area (Å²) < 4.78 is 7.59. The minimum atomic E-state index is -1.53. The Hall–Kier alpha value is -4.44. The van der Waals surface area contributed by atoms with Crippen LogP contribution in [0.4, 0.5) is 17.3 Å². The lowest BCUT2D eigenvalue weighted by molar-refractivity contribution is -0.119. The van der Waals surface area contributed by atoms with E-state index >= 15 is 0 Å². The van der Waals surface area contributed by atoms with Gasteiger partial charge in [-0.05, 0) is 57.0 Å². The molecule has 210 valence electrons. The number of hydrogen-bond donors (Lipinski definition) is 1. The number of methoxy groups -OCH3 is 1. The summed E-state index contributed by atoms with van der Waals surface area (Å²) in [6, 6.07) is 10.9. The molecule has 1 N–H and O–H groups in total. The smallest absolute Gasteiger partial charge is 0.280 e. The van der Waals surface area contributed by atoms with E-state index in [2.05, 4.69) is 15.3 Å². The number of carbonyl (C=O) groups is 2. The lowest BCUT2D eigenvalue weighted by atomic mass is 9.86. The summed E-state index contributed by atoms with van der Waals surface area (Å²) >= 11 is 6.45. The molecule has 1 atom stereocenters. The number of amides is 2. The first-order chi connectivity index (χ1) is 19.5. The zero-order valence-electron chi connectivity index (χ0n) is 23.9. The molecule has 0 aliphatic carbocycles. The normalized spacial score (nSPS) is 17.3. The molecule has 0 fully saturated rings. The molecule has 1 unspecified atom stereocenters. The molecule has 6 rings (SSSR count). The van der Waals surface area contributed by atoms with Crippen LogP contribution >= 0.6 is 11.6 Å². The molecule has 0 saturated carbocycles. The summed E-state index contributed by atoms with van der Waals surface area (Å²) in [6.45, 7) is 7.83. The molecule has 4 aromatic rings. The highest BCUT2D eigenvalue weighted by atomic mass is 35.5. The lowest BCUT2D eigenvalue weighted by Crippen LogP contribution is -2.51. The number of ether oxygens (including phenoxy) is 1. The van der Waals surface area contributed by atoms with Gasteiger partial charge in [0.1, 0.15) is 5.82 Å². The molecular formula is C30H30ClN7O3. The highest BCUT2D eigenvalue weighted by molar-refractivity contribution is 6.31. The number of aromatic nitrogens is 4. The van der Waals surface area contributed by atoms with Gasteiger partial charge >= 0.3 is 0 Å². The van der Waals surface area contributed by atoms with Gasteiger partial charge in [0.15, 0.2) is 11.2 Å². The Kier molecular flexibility index (Phi) is 6.07. The molecule has 2 aliphatic heterocycles. The molecule has 2 aromatic carbocycles. The number of halogens is 1. The number of anilines is 3. The standard InChI is InChI=1S/C30H30ClN7O3/c1-15(2)37-24-23(34-25(37)19-14-32-29(36(5)6)35-26(19)41-7)27(39)38(22-13-18(31)10-9-17(22)4)30(24)20-11-8-16(3)12-21(20)33-28(30)40/h8-15H,1-7H3,(H,33,40). The van der Waals surface area contributed by atoms with Crippen molar-refractivity contribution in [2.45, 2.75) is 39.3 Å². The van der Waals surface area contributed by atoms with Crippen LogP contribution < -0.4 is 19.9 Å². The molecule has 2 aliphatic rings. The molecular weight excluding hydrogens is 542 g/mol. The third-order valence-electron chi connectivity index (χ3n) is 7.64.